The molecule has 0 radical (unpaired) electrons. The lowest BCUT2D eigenvalue weighted by Gasteiger charge is -2.11. The number of hydrogen-bond acceptors (Lipinski definition) is 2. The molecule has 0 bridgehead atoms. The highest BCUT2D eigenvalue weighted by atomic mass is 127. The molecule has 1 atom stereocenters. The molecule has 3 rings (SSSR count). The van der Waals surface area contributed by atoms with Gasteiger partial charge in [0.2, 0.25) is 5.91 Å². The molecular weight excluding hydrogens is 592 g/mol. The third kappa shape index (κ3) is 6.65. The number of benzene rings is 2. The first-order chi connectivity index (χ1) is 15.8. The van der Waals surface area contributed by atoms with Crippen molar-refractivity contribution in [2.45, 2.75) is 49.9 Å². The molecule has 3 aromatic rings. The normalized spacial score (nSPS) is 12.1. The van der Waals surface area contributed by atoms with Crippen molar-refractivity contribution >= 4 is 63.3 Å². The van der Waals surface area contributed by atoms with E-state index in [1.54, 1.807) is 16.8 Å². The number of carbonyl (C=O) groups is 1. The van der Waals surface area contributed by atoms with Crippen molar-refractivity contribution in [3.63, 3.8) is 0 Å². The number of nitrogens with zero attached hydrogens (tertiary/aromatic N) is 2. The first-order valence-electron chi connectivity index (χ1n) is 11.1. The van der Waals surface area contributed by atoms with Gasteiger partial charge in [0.1, 0.15) is 3.92 Å². The molecule has 1 heterocycles. The third-order valence-electron chi connectivity index (χ3n) is 5.46. The zero-order valence-electron chi connectivity index (χ0n) is 18.7. The van der Waals surface area contributed by atoms with E-state index in [0.717, 1.165) is 29.7 Å². The Labute approximate surface area is 224 Å². The highest BCUT2D eigenvalue weighted by molar-refractivity contribution is 14.1. The van der Waals surface area contributed by atoms with Gasteiger partial charge in [-0.1, -0.05) is 102 Å². The molecule has 33 heavy (non-hydrogen) atoms. The molecule has 1 N–H and O–H groups in total. The summed E-state index contributed by atoms with van der Waals surface area (Å²) >= 11 is 20.9. The summed E-state index contributed by atoms with van der Waals surface area (Å²) in [5, 5.41) is 9.59. The molecule has 0 fully saturated rings. The van der Waals surface area contributed by atoms with Crippen LogP contribution in [-0.4, -0.2) is 22.2 Å². The Bertz CT molecular complexity index is 1100. The van der Waals surface area contributed by atoms with Crippen LogP contribution in [0.4, 0.5) is 0 Å². The van der Waals surface area contributed by atoms with Crippen molar-refractivity contribution in [2.75, 3.05) is 6.54 Å². The minimum absolute atomic E-state index is 0.0382. The number of amides is 1. The molecule has 0 aliphatic rings. The molecular formula is C25H27Cl3IN3O. The highest BCUT2D eigenvalue weighted by Gasteiger charge is 2.27. The van der Waals surface area contributed by atoms with E-state index in [2.05, 4.69) is 34.8 Å². The van der Waals surface area contributed by atoms with Gasteiger partial charge in [-0.05, 0) is 43.7 Å². The molecule has 2 aromatic carbocycles. The van der Waals surface area contributed by atoms with Crippen molar-refractivity contribution in [3.8, 4) is 16.9 Å². The van der Waals surface area contributed by atoms with Crippen LogP contribution < -0.4 is 5.32 Å². The van der Waals surface area contributed by atoms with Crippen molar-refractivity contribution in [1.82, 2.24) is 15.1 Å². The van der Waals surface area contributed by atoms with E-state index >= 15 is 0 Å². The fourth-order valence-corrected chi connectivity index (χ4v) is 5.11. The lowest BCUT2D eigenvalue weighted by atomic mass is 10.0. The van der Waals surface area contributed by atoms with Gasteiger partial charge in [0.15, 0.2) is 0 Å². The maximum absolute atomic E-state index is 12.9. The van der Waals surface area contributed by atoms with Gasteiger partial charge in [0.05, 0.1) is 22.1 Å². The minimum Gasteiger partial charge on any atom is -0.355 e. The van der Waals surface area contributed by atoms with Gasteiger partial charge >= 0.3 is 0 Å². The Kier molecular flexibility index (Phi) is 9.92. The third-order valence-corrected chi connectivity index (χ3v) is 7.41. The fraction of sp³-hybridized carbons (Fsp3) is 0.360. The molecule has 0 aliphatic carbocycles. The molecule has 0 saturated carbocycles. The highest BCUT2D eigenvalue weighted by Crippen LogP contribution is 2.37. The van der Waals surface area contributed by atoms with Crippen LogP contribution in [0.15, 0.2) is 42.5 Å². The SMILES string of the molecule is CCCCCCCNC(=O)C(I)c1nn(-c2ccc(Cl)cc2Cl)c(-c2ccc(Cl)cc2)c1C. The summed E-state index contributed by atoms with van der Waals surface area (Å²) in [5.74, 6) is -0.0382. The average Bonchev–Trinajstić information content (AvgIpc) is 3.12. The van der Waals surface area contributed by atoms with E-state index in [4.69, 9.17) is 39.9 Å². The molecule has 1 amide bonds. The second kappa shape index (κ2) is 12.4. The summed E-state index contributed by atoms with van der Waals surface area (Å²) in [7, 11) is 0. The molecule has 0 saturated heterocycles. The number of rotatable bonds is 10. The zero-order chi connectivity index (χ0) is 24.0. The lowest BCUT2D eigenvalue weighted by Crippen LogP contribution is -2.28. The summed E-state index contributed by atoms with van der Waals surface area (Å²) in [5.41, 5.74) is 4.11. The molecule has 176 valence electrons. The summed E-state index contributed by atoms with van der Waals surface area (Å²) < 4.78 is 1.35. The number of nitrogens with one attached hydrogen (secondary N) is 1. The van der Waals surface area contributed by atoms with Crippen LogP contribution in [0.5, 0.6) is 0 Å². The first-order valence-corrected chi connectivity index (χ1v) is 13.4. The van der Waals surface area contributed by atoms with Crippen LogP contribution in [0.2, 0.25) is 15.1 Å². The van der Waals surface area contributed by atoms with Gasteiger partial charge in [0, 0.05) is 27.7 Å². The summed E-state index contributed by atoms with van der Waals surface area (Å²) in [4.78, 5) is 12.9. The zero-order valence-corrected chi connectivity index (χ0v) is 23.1. The van der Waals surface area contributed by atoms with Crippen LogP contribution in [0.1, 0.15) is 54.2 Å². The van der Waals surface area contributed by atoms with Gasteiger partial charge in [-0.2, -0.15) is 5.10 Å². The van der Waals surface area contributed by atoms with Gasteiger partial charge < -0.3 is 5.32 Å². The molecule has 1 unspecified atom stereocenters. The molecule has 8 heteroatoms. The Balaban J connectivity index is 1.92. The van der Waals surface area contributed by atoms with Gasteiger partial charge in [-0.3, -0.25) is 4.79 Å². The molecule has 1 aromatic heterocycles. The van der Waals surface area contributed by atoms with Gasteiger partial charge in [-0.25, -0.2) is 4.68 Å². The standard InChI is InChI=1S/C25H27Cl3IN3O/c1-3-4-5-6-7-14-30-25(33)22(29)23-16(2)24(17-8-10-18(26)11-9-17)32(31-23)21-13-12-19(27)15-20(21)28/h8-13,15,22H,3-7,14H2,1-2H3,(H,30,33). The summed E-state index contributed by atoms with van der Waals surface area (Å²) in [6.45, 7) is 4.85. The van der Waals surface area contributed by atoms with Crippen molar-refractivity contribution < 1.29 is 4.79 Å². The molecule has 4 nitrogen and oxygen atoms in total. The number of hydrogen-bond donors (Lipinski definition) is 1. The van der Waals surface area contributed by atoms with E-state index < -0.39 is 3.92 Å². The van der Waals surface area contributed by atoms with E-state index in [0.29, 0.717) is 33.0 Å². The van der Waals surface area contributed by atoms with Crippen molar-refractivity contribution in [3.05, 3.63) is 68.8 Å². The quantitative estimate of drug-likeness (QED) is 0.141. The number of aromatic nitrogens is 2. The van der Waals surface area contributed by atoms with Crippen LogP contribution in [0.3, 0.4) is 0 Å². The van der Waals surface area contributed by atoms with E-state index in [9.17, 15) is 4.79 Å². The number of unbranched alkanes of at least 4 members (excludes halogenated alkanes) is 4. The second-order valence-electron chi connectivity index (χ2n) is 7.94. The summed E-state index contributed by atoms with van der Waals surface area (Å²) in [6.07, 6.45) is 5.76. The lowest BCUT2D eigenvalue weighted by molar-refractivity contribution is -0.120. The summed E-state index contributed by atoms with van der Waals surface area (Å²) in [6, 6.07) is 12.8. The Morgan fingerprint density at radius 1 is 1.03 bits per heavy atom. The maximum Gasteiger partial charge on any atom is 0.239 e. The van der Waals surface area contributed by atoms with Gasteiger partial charge in [-0.15, -0.1) is 0 Å². The first kappa shape index (κ1) is 26.3. The van der Waals surface area contributed by atoms with Crippen LogP contribution in [0, 0.1) is 6.92 Å². The topological polar surface area (TPSA) is 46.9 Å². The van der Waals surface area contributed by atoms with E-state index in [1.165, 1.54) is 19.3 Å². The smallest absolute Gasteiger partial charge is 0.239 e. The minimum atomic E-state index is -0.434. The predicted octanol–water partition coefficient (Wildman–Crippen LogP) is 8.37. The Hall–Kier alpha value is -1.28. The van der Waals surface area contributed by atoms with Crippen LogP contribution in [0.25, 0.3) is 16.9 Å². The van der Waals surface area contributed by atoms with E-state index in [-0.39, 0.29) is 5.91 Å². The number of carbonyl (C=O) groups excluding carboxylic acids is 1. The number of halogens is 4. The average molecular weight is 619 g/mol. The Morgan fingerprint density at radius 2 is 1.70 bits per heavy atom. The van der Waals surface area contributed by atoms with E-state index in [1.807, 2.05) is 37.3 Å². The Morgan fingerprint density at radius 3 is 2.36 bits per heavy atom. The second-order valence-corrected chi connectivity index (χ2v) is 10.5. The monoisotopic (exact) mass is 617 g/mol. The van der Waals surface area contributed by atoms with Crippen molar-refractivity contribution in [2.24, 2.45) is 0 Å². The predicted molar refractivity (Wildman–Crippen MR) is 147 cm³/mol. The number of alkyl halides is 1. The van der Waals surface area contributed by atoms with Crippen molar-refractivity contribution in [1.29, 1.82) is 0 Å². The molecule has 0 aliphatic heterocycles. The molecule has 0 spiro atoms. The van der Waals surface area contributed by atoms with Crippen LogP contribution >= 0.6 is 57.4 Å². The fourth-order valence-electron chi connectivity index (χ4n) is 3.68. The van der Waals surface area contributed by atoms with Crippen LogP contribution in [-0.2, 0) is 4.79 Å². The van der Waals surface area contributed by atoms with Gasteiger partial charge in [0.25, 0.3) is 0 Å². The largest absolute Gasteiger partial charge is 0.355 e. The maximum atomic E-state index is 12.9.